The predicted molar refractivity (Wildman–Crippen MR) is 65.2 cm³/mol. The summed E-state index contributed by atoms with van der Waals surface area (Å²) in [6, 6.07) is 0.396. The van der Waals surface area contributed by atoms with Crippen molar-refractivity contribution in [1.29, 1.82) is 0 Å². The molecule has 1 N–H and O–H groups in total. The maximum atomic E-state index is 12.0. The summed E-state index contributed by atoms with van der Waals surface area (Å²) in [4.78, 5) is 14.1. The molecule has 0 saturated heterocycles. The Morgan fingerprint density at radius 2 is 1.69 bits per heavy atom. The predicted octanol–water partition coefficient (Wildman–Crippen LogP) is 1.63. The van der Waals surface area contributed by atoms with Crippen LogP contribution in [-0.2, 0) is 4.79 Å². The van der Waals surface area contributed by atoms with E-state index in [1.54, 1.807) is 0 Å². The van der Waals surface area contributed by atoms with Gasteiger partial charge in [-0.1, -0.05) is 13.8 Å². The molecule has 0 bridgehead atoms. The van der Waals surface area contributed by atoms with Gasteiger partial charge in [-0.05, 0) is 37.5 Å². The molecule has 0 radical (unpaired) electrons. The number of carbonyl (C=O) groups is 1. The number of nitrogens with zero attached hydrogens (tertiary/aromatic N) is 1. The van der Waals surface area contributed by atoms with Gasteiger partial charge < -0.3 is 10.2 Å². The fourth-order valence-corrected chi connectivity index (χ4v) is 1.91. The van der Waals surface area contributed by atoms with Gasteiger partial charge in [-0.25, -0.2) is 0 Å². The third kappa shape index (κ3) is 4.12. The van der Waals surface area contributed by atoms with Gasteiger partial charge in [0.1, 0.15) is 0 Å². The first-order valence-corrected chi connectivity index (χ1v) is 6.66. The molecule has 2 aliphatic rings. The molecule has 92 valence electrons. The van der Waals surface area contributed by atoms with Crippen molar-refractivity contribution in [2.45, 2.75) is 45.6 Å². The fourth-order valence-electron chi connectivity index (χ4n) is 1.91. The largest absolute Gasteiger partial charge is 0.341 e. The van der Waals surface area contributed by atoms with Crippen molar-refractivity contribution in [2.75, 3.05) is 19.6 Å². The van der Waals surface area contributed by atoms with Gasteiger partial charge in [-0.15, -0.1) is 0 Å². The topological polar surface area (TPSA) is 32.3 Å². The maximum Gasteiger partial charge on any atom is 0.236 e. The summed E-state index contributed by atoms with van der Waals surface area (Å²) in [6.07, 6.45) is 5.30. The summed E-state index contributed by atoms with van der Waals surface area (Å²) in [5.41, 5.74) is 0. The number of rotatable bonds is 7. The SMILES string of the molecule is CC(C)NCC(=O)N(CC1CC1)CC1CC1. The third-order valence-electron chi connectivity index (χ3n) is 3.37. The second-order valence-corrected chi connectivity index (χ2v) is 5.72. The van der Waals surface area contributed by atoms with E-state index in [9.17, 15) is 4.79 Å². The monoisotopic (exact) mass is 224 g/mol. The van der Waals surface area contributed by atoms with E-state index < -0.39 is 0 Å². The van der Waals surface area contributed by atoms with Crippen LogP contribution in [0.25, 0.3) is 0 Å². The number of carbonyl (C=O) groups excluding carboxylic acids is 1. The highest BCUT2D eigenvalue weighted by Gasteiger charge is 2.31. The molecule has 0 spiro atoms. The van der Waals surface area contributed by atoms with Crippen molar-refractivity contribution in [1.82, 2.24) is 10.2 Å². The summed E-state index contributed by atoms with van der Waals surface area (Å²) >= 11 is 0. The van der Waals surface area contributed by atoms with Crippen LogP contribution in [0.15, 0.2) is 0 Å². The van der Waals surface area contributed by atoms with Gasteiger partial charge in [0.15, 0.2) is 0 Å². The lowest BCUT2D eigenvalue weighted by Crippen LogP contribution is -2.42. The van der Waals surface area contributed by atoms with Crippen LogP contribution in [0.3, 0.4) is 0 Å². The van der Waals surface area contributed by atoms with Gasteiger partial charge in [0.05, 0.1) is 6.54 Å². The van der Waals surface area contributed by atoms with Crippen LogP contribution in [0.5, 0.6) is 0 Å². The molecule has 0 unspecified atom stereocenters. The molecule has 2 rings (SSSR count). The second kappa shape index (κ2) is 5.17. The van der Waals surface area contributed by atoms with E-state index in [4.69, 9.17) is 0 Å². The van der Waals surface area contributed by atoms with E-state index >= 15 is 0 Å². The van der Waals surface area contributed by atoms with E-state index in [0.717, 1.165) is 24.9 Å². The Balaban J connectivity index is 1.75. The van der Waals surface area contributed by atoms with Crippen LogP contribution < -0.4 is 5.32 Å². The molecule has 3 nitrogen and oxygen atoms in total. The van der Waals surface area contributed by atoms with Crippen LogP contribution >= 0.6 is 0 Å². The summed E-state index contributed by atoms with van der Waals surface area (Å²) in [7, 11) is 0. The van der Waals surface area contributed by atoms with Gasteiger partial charge in [-0.3, -0.25) is 4.79 Å². The molecular formula is C13H24N2O. The lowest BCUT2D eigenvalue weighted by molar-refractivity contribution is -0.130. The van der Waals surface area contributed by atoms with Crippen LogP contribution in [-0.4, -0.2) is 36.5 Å². The molecule has 0 atom stereocenters. The van der Waals surface area contributed by atoms with E-state index in [1.165, 1.54) is 25.7 Å². The maximum absolute atomic E-state index is 12.0. The zero-order valence-electron chi connectivity index (χ0n) is 10.5. The van der Waals surface area contributed by atoms with Crippen molar-refractivity contribution < 1.29 is 4.79 Å². The van der Waals surface area contributed by atoms with Crippen molar-refractivity contribution in [2.24, 2.45) is 11.8 Å². The molecule has 16 heavy (non-hydrogen) atoms. The first kappa shape index (κ1) is 11.9. The van der Waals surface area contributed by atoms with Crippen molar-refractivity contribution >= 4 is 5.91 Å². The highest BCUT2D eigenvalue weighted by atomic mass is 16.2. The standard InChI is InChI=1S/C13H24N2O/c1-10(2)14-7-13(16)15(8-11-3-4-11)9-12-5-6-12/h10-12,14H,3-9H2,1-2H3. The van der Waals surface area contributed by atoms with Gasteiger partial charge in [0.2, 0.25) is 5.91 Å². The molecule has 2 saturated carbocycles. The molecule has 3 heteroatoms. The molecule has 0 aromatic rings. The highest BCUT2D eigenvalue weighted by molar-refractivity contribution is 5.78. The van der Waals surface area contributed by atoms with Crippen molar-refractivity contribution in [3.8, 4) is 0 Å². The first-order valence-electron chi connectivity index (χ1n) is 6.66. The van der Waals surface area contributed by atoms with Crippen LogP contribution in [0.2, 0.25) is 0 Å². The van der Waals surface area contributed by atoms with Crippen molar-refractivity contribution in [3.05, 3.63) is 0 Å². The number of hydrogen-bond donors (Lipinski definition) is 1. The van der Waals surface area contributed by atoms with Crippen molar-refractivity contribution in [3.63, 3.8) is 0 Å². The molecule has 1 amide bonds. The molecular weight excluding hydrogens is 200 g/mol. The van der Waals surface area contributed by atoms with Gasteiger partial charge >= 0.3 is 0 Å². The average molecular weight is 224 g/mol. The van der Waals surface area contributed by atoms with E-state index in [2.05, 4.69) is 24.1 Å². The Bertz CT molecular complexity index is 230. The summed E-state index contributed by atoms with van der Waals surface area (Å²) in [5, 5.41) is 3.22. The summed E-state index contributed by atoms with van der Waals surface area (Å²) < 4.78 is 0. The third-order valence-corrected chi connectivity index (χ3v) is 3.37. The minimum absolute atomic E-state index is 0.299. The first-order chi connectivity index (χ1) is 7.65. The molecule has 2 aliphatic carbocycles. The van der Waals surface area contributed by atoms with Gasteiger partial charge in [0.25, 0.3) is 0 Å². The Labute approximate surface area is 98.6 Å². The number of hydrogen-bond acceptors (Lipinski definition) is 2. The number of nitrogens with one attached hydrogen (secondary N) is 1. The zero-order chi connectivity index (χ0) is 11.5. The summed E-state index contributed by atoms with van der Waals surface area (Å²) in [6.45, 7) is 6.69. The Kier molecular flexibility index (Phi) is 3.85. The fraction of sp³-hybridized carbons (Fsp3) is 0.923. The highest BCUT2D eigenvalue weighted by Crippen LogP contribution is 2.33. The minimum atomic E-state index is 0.299. The van der Waals surface area contributed by atoms with Crippen LogP contribution in [0.1, 0.15) is 39.5 Å². The molecule has 0 aromatic carbocycles. The Morgan fingerprint density at radius 1 is 1.19 bits per heavy atom. The Hall–Kier alpha value is -0.570. The lowest BCUT2D eigenvalue weighted by atomic mass is 10.3. The lowest BCUT2D eigenvalue weighted by Gasteiger charge is -2.23. The van der Waals surface area contributed by atoms with Gasteiger partial charge in [-0.2, -0.15) is 0 Å². The van der Waals surface area contributed by atoms with Gasteiger partial charge in [0, 0.05) is 19.1 Å². The average Bonchev–Trinajstić information content (AvgIpc) is 3.06. The smallest absolute Gasteiger partial charge is 0.236 e. The van der Waals surface area contributed by atoms with Crippen LogP contribution in [0, 0.1) is 11.8 Å². The molecule has 2 fully saturated rings. The molecule has 0 aromatic heterocycles. The van der Waals surface area contributed by atoms with E-state index in [-0.39, 0.29) is 0 Å². The Morgan fingerprint density at radius 3 is 2.06 bits per heavy atom. The quantitative estimate of drug-likeness (QED) is 0.713. The normalized spacial score (nSPS) is 20.2. The summed E-state index contributed by atoms with van der Waals surface area (Å²) in [5.74, 6) is 1.91. The minimum Gasteiger partial charge on any atom is -0.341 e. The molecule has 0 aliphatic heterocycles. The number of amides is 1. The molecule has 0 heterocycles. The van der Waals surface area contributed by atoms with E-state index in [1.807, 2.05) is 0 Å². The van der Waals surface area contributed by atoms with Crippen LogP contribution in [0.4, 0.5) is 0 Å². The zero-order valence-corrected chi connectivity index (χ0v) is 10.5. The van der Waals surface area contributed by atoms with E-state index in [0.29, 0.717) is 18.5 Å². The second-order valence-electron chi connectivity index (χ2n) is 5.72.